The van der Waals surface area contributed by atoms with Gasteiger partial charge in [0, 0.05) is 33.8 Å². The number of nitrogen functional groups attached to an aromatic ring is 1. The van der Waals surface area contributed by atoms with Gasteiger partial charge in [0.05, 0.1) is 12.6 Å². The topological polar surface area (TPSA) is 103 Å². The molecule has 0 fully saturated rings. The summed E-state index contributed by atoms with van der Waals surface area (Å²) in [5.41, 5.74) is 11.3. The van der Waals surface area contributed by atoms with Gasteiger partial charge in [0.1, 0.15) is 16.5 Å². The smallest absolute Gasteiger partial charge is 0.238 e. The van der Waals surface area contributed by atoms with E-state index in [4.69, 9.17) is 10.5 Å². The molecule has 3 aromatic heterocycles. The van der Waals surface area contributed by atoms with E-state index < -0.39 is 11.0 Å². The van der Waals surface area contributed by atoms with E-state index in [0.717, 1.165) is 38.9 Å². The van der Waals surface area contributed by atoms with Gasteiger partial charge >= 0.3 is 0 Å². The average Bonchev–Trinajstić information content (AvgIpc) is 2.93. The monoisotopic (exact) mass is 527 g/mol. The Morgan fingerprint density at radius 2 is 1.78 bits per heavy atom. The maximum atomic E-state index is 12.8. The number of nitrogens with zero attached hydrogens (tertiary/aromatic N) is 3. The van der Waals surface area contributed by atoms with Crippen LogP contribution in [0.1, 0.15) is 6.92 Å². The fourth-order valence-corrected chi connectivity index (χ4v) is 5.43. The van der Waals surface area contributed by atoms with Crippen LogP contribution in [0.15, 0.2) is 95.1 Å². The second kappa shape index (κ2) is 11.0. The number of fused-ring (bicyclic) bond motifs is 1. The minimum absolute atomic E-state index is 0.343. The van der Waals surface area contributed by atoms with Gasteiger partial charge in [-0.15, -0.1) is 11.8 Å². The molecule has 0 aliphatic rings. The first-order chi connectivity index (χ1) is 18.1. The number of hydrogen-bond donors (Lipinski definition) is 2. The van der Waals surface area contributed by atoms with E-state index in [1.165, 1.54) is 12.0 Å². The summed E-state index contributed by atoms with van der Waals surface area (Å²) in [6, 6.07) is 23.5. The predicted octanol–water partition coefficient (Wildman–Crippen LogP) is 6.20. The summed E-state index contributed by atoms with van der Waals surface area (Å²) in [4.78, 5) is 14.4. The van der Waals surface area contributed by atoms with Gasteiger partial charge < -0.3 is 10.5 Å². The van der Waals surface area contributed by atoms with Crippen LogP contribution in [-0.2, 0) is 11.0 Å². The van der Waals surface area contributed by atoms with Gasteiger partial charge in [0.2, 0.25) is 5.88 Å². The highest BCUT2D eigenvalue weighted by molar-refractivity contribution is 7.99. The van der Waals surface area contributed by atoms with Gasteiger partial charge in [0.25, 0.3) is 0 Å². The summed E-state index contributed by atoms with van der Waals surface area (Å²) in [5, 5.41) is 1.37. The van der Waals surface area contributed by atoms with E-state index in [9.17, 15) is 4.21 Å². The molecule has 0 amide bonds. The molecule has 37 heavy (non-hydrogen) atoms. The summed E-state index contributed by atoms with van der Waals surface area (Å²) < 4.78 is 21.2. The maximum absolute atomic E-state index is 12.8. The fraction of sp³-hybridized carbons (Fsp3) is 0.107. The number of benzene rings is 2. The van der Waals surface area contributed by atoms with E-state index in [1.54, 1.807) is 42.4 Å². The first-order valence-corrected chi connectivity index (χ1v) is 13.8. The third-order valence-corrected chi connectivity index (χ3v) is 7.65. The summed E-state index contributed by atoms with van der Waals surface area (Å²) in [6.07, 6.45) is 3.33. The first kappa shape index (κ1) is 24.7. The molecule has 1 atom stereocenters. The van der Waals surface area contributed by atoms with Crippen LogP contribution in [0, 0.1) is 0 Å². The zero-order chi connectivity index (χ0) is 25.8. The lowest BCUT2D eigenvalue weighted by atomic mass is 10.0. The van der Waals surface area contributed by atoms with Crippen molar-refractivity contribution in [1.82, 2.24) is 15.0 Å². The second-order valence-electron chi connectivity index (χ2n) is 8.11. The van der Waals surface area contributed by atoms with E-state index in [0.29, 0.717) is 22.4 Å². The molecule has 5 aromatic rings. The van der Waals surface area contributed by atoms with Gasteiger partial charge in [-0.1, -0.05) is 31.2 Å². The molecular formula is C28H25N5O2S2. The first-order valence-electron chi connectivity index (χ1n) is 11.6. The molecular weight excluding hydrogens is 502 g/mol. The van der Waals surface area contributed by atoms with Crippen LogP contribution >= 0.6 is 11.8 Å². The molecule has 9 heteroatoms. The number of thioether (sulfide) groups is 1. The largest absolute Gasteiger partial charge is 0.480 e. The van der Waals surface area contributed by atoms with Crippen LogP contribution in [-0.4, -0.2) is 32.0 Å². The highest BCUT2D eigenvalue weighted by Gasteiger charge is 2.14. The Kier molecular flexibility index (Phi) is 7.34. The Hall–Kier alpha value is -3.95. The zero-order valence-corrected chi connectivity index (χ0v) is 22.0. The molecule has 0 saturated carbocycles. The van der Waals surface area contributed by atoms with E-state index in [1.807, 2.05) is 18.2 Å². The number of nitrogens with two attached hydrogens (primary N) is 1. The maximum Gasteiger partial charge on any atom is 0.238 e. The Morgan fingerprint density at radius 3 is 2.51 bits per heavy atom. The van der Waals surface area contributed by atoms with Crippen molar-refractivity contribution in [1.29, 1.82) is 0 Å². The molecule has 0 radical (unpaired) electrons. The van der Waals surface area contributed by atoms with E-state index in [2.05, 4.69) is 63.0 Å². The van der Waals surface area contributed by atoms with Crippen LogP contribution < -0.4 is 15.2 Å². The Morgan fingerprint density at radius 1 is 0.973 bits per heavy atom. The third-order valence-electron chi connectivity index (χ3n) is 5.73. The lowest BCUT2D eigenvalue weighted by Gasteiger charge is -2.12. The third kappa shape index (κ3) is 5.42. The Bertz CT molecular complexity index is 1580. The number of nitrogens with one attached hydrogen (secondary N) is 1. The summed E-state index contributed by atoms with van der Waals surface area (Å²) in [7, 11) is -0.0442. The quantitative estimate of drug-likeness (QED) is 0.232. The lowest BCUT2D eigenvalue weighted by Crippen LogP contribution is -2.08. The van der Waals surface area contributed by atoms with Crippen molar-refractivity contribution in [2.45, 2.75) is 16.8 Å². The molecule has 1 unspecified atom stereocenters. The lowest BCUT2D eigenvalue weighted by molar-refractivity contribution is 0.400. The fourth-order valence-electron chi connectivity index (χ4n) is 3.95. The number of rotatable bonds is 8. The molecule has 2 aromatic carbocycles. The standard InChI is InChI=1S/C28H25N5O2S2/c1-3-36-22-10-7-18(8-11-22)23-15-20-14-19(9-12-24(20)32-27(23)29)21-16-25(28(35-2)31-17-21)33-37(34)26-6-4-5-13-30-26/h4-17,33H,3H2,1-2H3,(H2,29,32). The highest BCUT2D eigenvalue weighted by atomic mass is 32.2. The molecule has 0 bridgehead atoms. The number of pyridine rings is 3. The molecule has 0 aliphatic heterocycles. The van der Waals surface area contributed by atoms with Gasteiger partial charge in [-0.25, -0.2) is 19.2 Å². The van der Waals surface area contributed by atoms with Crippen LogP contribution in [0.5, 0.6) is 5.88 Å². The number of hydrogen-bond acceptors (Lipinski definition) is 7. The molecule has 0 saturated heterocycles. The van der Waals surface area contributed by atoms with Crippen molar-refractivity contribution in [2.75, 3.05) is 23.3 Å². The molecule has 186 valence electrons. The number of anilines is 2. The molecule has 0 aliphatic carbocycles. The molecule has 5 rings (SSSR count). The second-order valence-corrected chi connectivity index (χ2v) is 10.6. The SMILES string of the molecule is CCSc1ccc(-c2cc3cc(-c4cnc(OC)c(NS(=O)c5ccccn5)c4)ccc3nc2N)cc1. The number of methoxy groups -OCH3 is 1. The van der Waals surface area contributed by atoms with Crippen LogP contribution in [0.4, 0.5) is 11.5 Å². The van der Waals surface area contributed by atoms with Gasteiger partial charge in [-0.05, 0) is 65.4 Å². The summed E-state index contributed by atoms with van der Waals surface area (Å²) >= 11 is 1.80. The van der Waals surface area contributed by atoms with Crippen molar-refractivity contribution in [2.24, 2.45) is 0 Å². The summed E-state index contributed by atoms with van der Waals surface area (Å²) in [6.45, 7) is 2.14. The molecule has 7 nitrogen and oxygen atoms in total. The minimum Gasteiger partial charge on any atom is -0.480 e. The van der Waals surface area contributed by atoms with Gasteiger partial charge in [-0.2, -0.15) is 0 Å². The van der Waals surface area contributed by atoms with E-state index >= 15 is 0 Å². The average molecular weight is 528 g/mol. The van der Waals surface area contributed by atoms with Crippen LogP contribution in [0.3, 0.4) is 0 Å². The summed E-state index contributed by atoms with van der Waals surface area (Å²) in [5.74, 6) is 1.86. The van der Waals surface area contributed by atoms with Gasteiger partial charge in [0.15, 0.2) is 11.0 Å². The van der Waals surface area contributed by atoms with Crippen molar-refractivity contribution in [3.05, 3.63) is 85.2 Å². The highest BCUT2D eigenvalue weighted by Crippen LogP contribution is 2.34. The van der Waals surface area contributed by atoms with Crippen molar-refractivity contribution in [3.63, 3.8) is 0 Å². The van der Waals surface area contributed by atoms with Crippen LogP contribution in [0.2, 0.25) is 0 Å². The Labute approximate surface area is 222 Å². The number of aromatic nitrogens is 3. The normalized spacial score (nSPS) is 11.8. The minimum atomic E-state index is -1.57. The molecule has 3 N–H and O–H groups in total. The Balaban J connectivity index is 1.50. The molecule has 0 spiro atoms. The van der Waals surface area contributed by atoms with Crippen molar-refractivity contribution >= 4 is 45.2 Å². The van der Waals surface area contributed by atoms with Gasteiger partial charge in [-0.3, -0.25) is 4.72 Å². The number of ether oxygens (including phenoxy) is 1. The zero-order valence-electron chi connectivity index (χ0n) is 20.3. The molecule has 3 heterocycles. The van der Waals surface area contributed by atoms with Crippen molar-refractivity contribution in [3.8, 4) is 28.1 Å². The predicted molar refractivity (Wildman–Crippen MR) is 152 cm³/mol. The van der Waals surface area contributed by atoms with Crippen LogP contribution in [0.25, 0.3) is 33.2 Å². The van der Waals surface area contributed by atoms with Crippen molar-refractivity contribution < 1.29 is 8.95 Å². The van der Waals surface area contributed by atoms with E-state index in [-0.39, 0.29) is 0 Å².